The van der Waals surface area contributed by atoms with E-state index in [-0.39, 0.29) is 0 Å². The molecule has 0 aliphatic rings. The van der Waals surface area contributed by atoms with Gasteiger partial charge in [-0.25, -0.2) is 4.68 Å². The summed E-state index contributed by atoms with van der Waals surface area (Å²) >= 11 is 0. The van der Waals surface area contributed by atoms with Crippen molar-refractivity contribution in [2.24, 2.45) is 0 Å². The van der Waals surface area contributed by atoms with Gasteiger partial charge in [0.05, 0.1) is 24.5 Å². The Kier molecular flexibility index (Phi) is 6.03. The number of nitrogens with one attached hydrogen (secondary N) is 1. The second-order valence-electron chi connectivity index (χ2n) is 3.83. The highest BCUT2D eigenvalue weighted by molar-refractivity contribution is 4.92. The van der Waals surface area contributed by atoms with E-state index in [1.807, 2.05) is 10.9 Å². The molecule has 0 saturated carbocycles. The van der Waals surface area contributed by atoms with Gasteiger partial charge in [-0.05, 0) is 12.8 Å². The third-order valence-electron chi connectivity index (χ3n) is 2.66. The monoisotopic (exact) mass is 226 g/mol. The number of methoxy groups -OCH3 is 1. The minimum Gasteiger partial charge on any atom is -0.383 e. The van der Waals surface area contributed by atoms with E-state index in [2.05, 4.69) is 29.5 Å². The highest BCUT2D eigenvalue weighted by Crippen LogP contribution is 2.13. The molecular formula is C11H22N4O. The first-order valence-corrected chi connectivity index (χ1v) is 5.92. The molecule has 5 nitrogen and oxygen atoms in total. The van der Waals surface area contributed by atoms with Gasteiger partial charge in [0.2, 0.25) is 0 Å². The van der Waals surface area contributed by atoms with Crippen LogP contribution in [0.25, 0.3) is 0 Å². The van der Waals surface area contributed by atoms with E-state index in [9.17, 15) is 0 Å². The van der Waals surface area contributed by atoms with Gasteiger partial charge in [-0.3, -0.25) is 0 Å². The number of hydrogen-bond donors (Lipinski definition) is 1. The number of rotatable bonds is 8. The van der Waals surface area contributed by atoms with Gasteiger partial charge in [-0.15, -0.1) is 5.10 Å². The Labute approximate surface area is 97.2 Å². The maximum Gasteiger partial charge on any atom is 0.0964 e. The molecule has 1 heterocycles. The molecule has 1 N–H and O–H groups in total. The molecular weight excluding hydrogens is 204 g/mol. The minimum atomic E-state index is 0.472. The van der Waals surface area contributed by atoms with Crippen LogP contribution in [-0.2, 0) is 11.3 Å². The van der Waals surface area contributed by atoms with Crippen molar-refractivity contribution in [1.29, 1.82) is 0 Å². The molecule has 1 aromatic rings. The van der Waals surface area contributed by atoms with Gasteiger partial charge in [-0.1, -0.05) is 19.1 Å². The molecule has 0 aliphatic heterocycles. The summed E-state index contributed by atoms with van der Waals surface area (Å²) < 4.78 is 6.92. The van der Waals surface area contributed by atoms with Crippen molar-refractivity contribution in [2.45, 2.75) is 39.3 Å². The second kappa shape index (κ2) is 7.35. The molecule has 0 saturated heterocycles. The van der Waals surface area contributed by atoms with Crippen LogP contribution >= 0.6 is 0 Å². The Bertz CT molecular complexity index is 283. The summed E-state index contributed by atoms with van der Waals surface area (Å²) in [5.74, 6) is 0. The van der Waals surface area contributed by atoms with Crippen LogP contribution in [0.5, 0.6) is 0 Å². The fraction of sp³-hybridized carbons (Fsp3) is 0.818. The van der Waals surface area contributed by atoms with E-state index in [1.54, 1.807) is 7.11 Å². The molecule has 0 aromatic carbocycles. The van der Waals surface area contributed by atoms with E-state index in [0.29, 0.717) is 6.04 Å². The quantitative estimate of drug-likeness (QED) is 0.680. The molecule has 0 spiro atoms. The van der Waals surface area contributed by atoms with Crippen LogP contribution in [0.3, 0.4) is 0 Å². The molecule has 0 amide bonds. The van der Waals surface area contributed by atoms with E-state index in [0.717, 1.165) is 38.2 Å². The maximum absolute atomic E-state index is 4.95. The fourth-order valence-corrected chi connectivity index (χ4v) is 1.63. The minimum absolute atomic E-state index is 0.472. The third-order valence-corrected chi connectivity index (χ3v) is 2.66. The molecule has 0 fully saturated rings. The smallest absolute Gasteiger partial charge is 0.0964 e. The van der Waals surface area contributed by atoms with Gasteiger partial charge < -0.3 is 10.1 Å². The molecule has 0 bridgehead atoms. The largest absolute Gasteiger partial charge is 0.383 e. The van der Waals surface area contributed by atoms with E-state index in [4.69, 9.17) is 4.74 Å². The Hall–Kier alpha value is -0.940. The van der Waals surface area contributed by atoms with Gasteiger partial charge in [-0.2, -0.15) is 0 Å². The lowest BCUT2D eigenvalue weighted by Crippen LogP contribution is -2.18. The van der Waals surface area contributed by atoms with E-state index < -0.39 is 0 Å². The van der Waals surface area contributed by atoms with Crippen LogP contribution < -0.4 is 5.32 Å². The van der Waals surface area contributed by atoms with Crippen LogP contribution in [0.15, 0.2) is 6.20 Å². The lowest BCUT2D eigenvalue weighted by molar-refractivity contribution is 0.199. The maximum atomic E-state index is 4.95. The van der Waals surface area contributed by atoms with Gasteiger partial charge in [0, 0.05) is 20.2 Å². The number of nitrogens with zero attached hydrogens (tertiary/aromatic N) is 3. The summed E-state index contributed by atoms with van der Waals surface area (Å²) in [6.07, 6.45) is 4.21. The Balaban J connectivity index is 2.38. The Morgan fingerprint density at radius 2 is 2.19 bits per heavy atom. The van der Waals surface area contributed by atoms with E-state index >= 15 is 0 Å². The molecule has 1 aromatic heterocycles. The van der Waals surface area contributed by atoms with Crippen molar-refractivity contribution in [3.8, 4) is 0 Å². The number of aromatic nitrogens is 3. The lowest BCUT2D eigenvalue weighted by Gasteiger charge is -2.10. The molecule has 0 unspecified atom stereocenters. The molecule has 0 radical (unpaired) electrons. The summed E-state index contributed by atoms with van der Waals surface area (Å²) in [6, 6.07) is 0.472. The van der Waals surface area contributed by atoms with Gasteiger partial charge in [0.15, 0.2) is 0 Å². The van der Waals surface area contributed by atoms with Crippen LogP contribution in [-0.4, -0.2) is 35.3 Å². The van der Waals surface area contributed by atoms with Crippen molar-refractivity contribution >= 4 is 0 Å². The molecule has 1 rings (SSSR count). The summed E-state index contributed by atoms with van der Waals surface area (Å²) in [5.41, 5.74) is 0.989. The molecule has 0 aliphatic carbocycles. The van der Waals surface area contributed by atoms with Crippen molar-refractivity contribution in [3.63, 3.8) is 0 Å². The molecule has 5 heteroatoms. The first-order valence-electron chi connectivity index (χ1n) is 5.92. The molecule has 16 heavy (non-hydrogen) atoms. The normalized spacial score (nSPS) is 11.2. The lowest BCUT2D eigenvalue weighted by atomic mass is 10.2. The second-order valence-corrected chi connectivity index (χ2v) is 3.83. The average Bonchev–Trinajstić information content (AvgIpc) is 2.75. The van der Waals surface area contributed by atoms with Gasteiger partial charge in [0.1, 0.15) is 0 Å². The van der Waals surface area contributed by atoms with Crippen LogP contribution in [0.2, 0.25) is 0 Å². The van der Waals surface area contributed by atoms with E-state index in [1.165, 1.54) is 0 Å². The Morgan fingerprint density at radius 1 is 1.44 bits per heavy atom. The average molecular weight is 226 g/mol. The first kappa shape index (κ1) is 13.1. The SMILES string of the molecule is CCC(CC)n1cc(CNCCOC)nn1. The highest BCUT2D eigenvalue weighted by Gasteiger charge is 2.08. The van der Waals surface area contributed by atoms with Gasteiger partial charge in [0.25, 0.3) is 0 Å². The van der Waals surface area contributed by atoms with Crippen molar-refractivity contribution in [3.05, 3.63) is 11.9 Å². The zero-order valence-electron chi connectivity index (χ0n) is 10.4. The van der Waals surface area contributed by atoms with Crippen molar-refractivity contribution in [2.75, 3.05) is 20.3 Å². The zero-order valence-corrected chi connectivity index (χ0v) is 10.4. The topological polar surface area (TPSA) is 52.0 Å². The van der Waals surface area contributed by atoms with Crippen LogP contribution in [0.1, 0.15) is 38.4 Å². The third kappa shape index (κ3) is 3.90. The summed E-state index contributed by atoms with van der Waals surface area (Å²) in [6.45, 7) is 6.66. The predicted octanol–water partition coefficient (Wildman–Crippen LogP) is 1.38. The van der Waals surface area contributed by atoms with Gasteiger partial charge >= 0.3 is 0 Å². The summed E-state index contributed by atoms with van der Waals surface area (Å²) in [7, 11) is 1.70. The number of ether oxygens (including phenoxy) is 1. The summed E-state index contributed by atoms with van der Waals surface area (Å²) in [4.78, 5) is 0. The molecule has 92 valence electrons. The fourth-order valence-electron chi connectivity index (χ4n) is 1.63. The number of hydrogen-bond acceptors (Lipinski definition) is 4. The molecule has 0 atom stereocenters. The van der Waals surface area contributed by atoms with Crippen molar-refractivity contribution < 1.29 is 4.74 Å². The van der Waals surface area contributed by atoms with Crippen LogP contribution in [0.4, 0.5) is 0 Å². The highest BCUT2D eigenvalue weighted by atomic mass is 16.5. The van der Waals surface area contributed by atoms with Crippen molar-refractivity contribution in [1.82, 2.24) is 20.3 Å². The van der Waals surface area contributed by atoms with Crippen LogP contribution in [0, 0.1) is 0 Å². The first-order chi connectivity index (χ1) is 7.81. The Morgan fingerprint density at radius 3 is 2.81 bits per heavy atom. The standard InChI is InChI=1S/C11H22N4O/c1-4-11(5-2)15-9-10(13-14-15)8-12-6-7-16-3/h9,11-12H,4-8H2,1-3H3. The zero-order chi connectivity index (χ0) is 11.8. The predicted molar refractivity (Wildman–Crippen MR) is 63.2 cm³/mol. The summed E-state index contributed by atoms with van der Waals surface area (Å²) in [5, 5.41) is 11.5.